The molecule has 218 valence electrons. The molecule has 0 radical (unpaired) electrons. The number of methoxy groups -OCH3 is 1. The van der Waals surface area contributed by atoms with Crippen molar-refractivity contribution in [2.45, 2.75) is 51.3 Å². The summed E-state index contributed by atoms with van der Waals surface area (Å²) in [5.74, 6) is 1.59. The number of hydrogen-bond donors (Lipinski definition) is 0. The molecule has 2 aliphatic rings. The standard InChI is InChI=1S/C32H33F2N5O3/c1-7-23-25(33)14-11-19-9-8-10-20(27(19)23)15-26(34)28-24(16-35-5)29(37-30(36-28)41-6)38-17-21-12-13-22(18-38)39(21)31(40)42-32(2,3)4/h1,8-11,14-16,21-22H,12-13,17-18H2,2-6H3/b26-15-,35-16?. The monoisotopic (exact) mass is 573 g/mol. The first kappa shape index (κ1) is 29.0. The SMILES string of the molecule is C#Cc1c(F)ccc2cccc(/C=C(\F)c3nc(OC)nc(N4CC5CCC(C4)N5C(=O)OC(C)(C)C)c3C=NC)c12. The zero-order chi connectivity index (χ0) is 30.2. The first-order chi connectivity index (χ1) is 20.0. The van der Waals surface area contributed by atoms with E-state index in [-0.39, 0.29) is 35.4 Å². The molecule has 0 N–H and O–H groups in total. The minimum absolute atomic E-state index is 0.0213. The van der Waals surface area contributed by atoms with Crippen molar-refractivity contribution in [1.82, 2.24) is 14.9 Å². The summed E-state index contributed by atoms with van der Waals surface area (Å²) < 4.78 is 41.8. The average molecular weight is 574 g/mol. The molecular formula is C32H33F2N5O3. The van der Waals surface area contributed by atoms with Crippen LogP contribution in [0.25, 0.3) is 22.7 Å². The van der Waals surface area contributed by atoms with Gasteiger partial charge in [0.05, 0.1) is 30.3 Å². The molecular weight excluding hydrogens is 540 g/mol. The van der Waals surface area contributed by atoms with Gasteiger partial charge in [0, 0.05) is 31.7 Å². The van der Waals surface area contributed by atoms with E-state index in [4.69, 9.17) is 15.9 Å². The van der Waals surface area contributed by atoms with Crippen LogP contribution in [0.5, 0.6) is 6.01 Å². The Hall–Kier alpha value is -4.52. The lowest BCUT2D eigenvalue weighted by Crippen LogP contribution is -2.57. The number of nitrogens with zero attached hydrogens (tertiary/aromatic N) is 5. The van der Waals surface area contributed by atoms with E-state index in [1.807, 2.05) is 30.6 Å². The molecule has 2 bridgehead atoms. The third-order valence-corrected chi connectivity index (χ3v) is 7.41. The van der Waals surface area contributed by atoms with Crippen molar-refractivity contribution in [3.05, 3.63) is 58.5 Å². The molecule has 2 aromatic carbocycles. The fourth-order valence-electron chi connectivity index (χ4n) is 5.74. The maximum absolute atomic E-state index is 16.2. The number of rotatable bonds is 5. The number of benzene rings is 2. The first-order valence-electron chi connectivity index (χ1n) is 13.7. The van der Waals surface area contributed by atoms with Gasteiger partial charge in [0.15, 0.2) is 0 Å². The second-order valence-corrected chi connectivity index (χ2v) is 11.4. The van der Waals surface area contributed by atoms with Gasteiger partial charge in [0.2, 0.25) is 0 Å². The van der Waals surface area contributed by atoms with Crippen LogP contribution in [0.1, 0.15) is 56.0 Å². The molecule has 1 amide bonds. The van der Waals surface area contributed by atoms with Gasteiger partial charge in [-0.25, -0.2) is 13.6 Å². The zero-order valence-corrected chi connectivity index (χ0v) is 24.3. The summed E-state index contributed by atoms with van der Waals surface area (Å²) in [6, 6.07) is 7.90. The number of terminal acetylenes is 1. The first-order valence-corrected chi connectivity index (χ1v) is 13.7. The number of piperazine rings is 1. The third kappa shape index (κ3) is 5.51. The summed E-state index contributed by atoms with van der Waals surface area (Å²) >= 11 is 0. The average Bonchev–Trinajstić information content (AvgIpc) is 3.22. The van der Waals surface area contributed by atoms with Gasteiger partial charge in [0.25, 0.3) is 0 Å². The van der Waals surface area contributed by atoms with Gasteiger partial charge in [-0.15, -0.1) is 6.42 Å². The fraction of sp³-hybridized carbons (Fsp3) is 0.375. The van der Waals surface area contributed by atoms with Gasteiger partial charge in [-0.2, -0.15) is 9.97 Å². The maximum Gasteiger partial charge on any atom is 0.410 e. The highest BCUT2D eigenvalue weighted by Crippen LogP contribution is 2.37. The Morgan fingerprint density at radius 2 is 1.88 bits per heavy atom. The molecule has 5 rings (SSSR count). The second kappa shape index (κ2) is 11.4. The van der Waals surface area contributed by atoms with Crippen molar-refractivity contribution in [1.29, 1.82) is 0 Å². The smallest absolute Gasteiger partial charge is 0.410 e. The van der Waals surface area contributed by atoms with Gasteiger partial charge >= 0.3 is 12.1 Å². The van der Waals surface area contributed by atoms with Crippen molar-refractivity contribution in [3.8, 4) is 18.4 Å². The number of aliphatic imine (C=N–C) groups is 1. The van der Waals surface area contributed by atoms with Crippen LogP contribution >= 0.6 is 0 Å². The number of ether oxygens (including phenoxy) is 2. The molecule has 0 spiro atoms. The van der Waals surface area contributed by atoms with Crippen molar-refractivity contribution in [2.75, 3.05) is 32.1 Å². The molecule has 10 heteroatoms. The molecule has 1 aromatic heterocycles. The van der Waals surface area contributed by atoms with Crippen molar-refractivity contribution >= 4 is 40.8 Å². The van der Waals surface area contributed by atoms with Crippen LogP contribution in [0.3, 0.4) is 0 Å². The van der Waals surface area contributed by atoms with Crippen molar-refractivity contribution < 1.29 is 23.0 Å². The topological polar surface area (TPSA) is 80.2 Å². The normalized spacial score (nSPS) is 19.0. The molecule has 3 aromatic rings. The molecule has 2 saturated heterocycles. The van der Waals surface area contributed by atoms with Crippen LogP contribution in [0.4, 0.5) is 19.4 Å². The van der Waals surface area contributed by atoms with Gasteiger partial charge in [0.1, 0.15) is 28.8 Å². The highest BCUT2D eigenvalue weighted by Gasteiger charge is 2.45. The van der Waals surface area contributed by atoms with E-state index in [1.54, 1.807) is 31.3 Å². The number of anilines is 1. The Balaban J connectivity index is 1.57. The molecule has 2 fully saturated rings. The van der Waals surface area contributed by atoms with E-state index in [9.17, 15) is 9.18 Å². The van der Waals surface area contributed by atoms with Crippen LogP contribution in [0, 0.1) is 18.2 Å². The highest BCUT2D eigenvalue weighted by atomic mass is 19.1. The predicted molar refractivity (Wildman–Crippen MR) is 160 cm³/mol. The summed E-state index contributed by atoms with van der Waals surface area (Å²) in [4.78, 5) is 29.9. The predicted octanol–water partition coefficient (Wildman–Crippen LogP) is 5.86. The second-order valence-electron chi connectivity index (χ2n) is 11.4. The number of fused-ring (bicyclic) bond motifs is 3. The lowest BCUT2D eigenvalue weighted by atomic mass is 9.98. The van der Waals surface area contributed by atoms with E-state index in [0.29, 0.717) is 40.8 Å². The van der Waals surface area contributed by atoms with E-state index in [1.165, 1.54) is 25.5 Å². The summed E-state index contributed by atoms with van der Waals surface area (Å²) in [5.41, 5.74) is 0.191. The molecule has 2 aliphatic heterocycles. The van der Waals surface area contributed by atoms with Gasteiger partial charge in [-0.05, 0) is 56.7 Å². The van der Waals surface area contributed by atoms with Crippen LogP contribution < -0.4 is 9.64 Å². The third-order valence-electron chi connectivity index (χ3n) is 7.41. The molecule has 2 unspecified atom stereocenters. The zero-order valence-electron chi connectivity index (χ0n) is 24.3. The van der Waals surface area contributed by atoms with Crippen LogP contribution in [-0.2, 0) is 4.74 Å². The lowest BCUT2D eigenvalue weighted by Gasteiger charge is -2.42. The summed E-state index contributed by atoms with van der Waals surface area (Å²) in [6.07, 6.45) is 9.71. The van der Waals surface area contributed by atoms with Gasteiger partial charge < -0.3 is 14.4 Å². The number of carbonyl (C=O) groups excluding carboxylic acids is 1. The number of aromatic nitrogens is 2. The highest BCUT2D eigenvalue weighted by molar-refractivity contribution is 6.00. The quantitative estimate of drug-likeness (QED) is 0.281. The fourth-order valence-corrected chi connectivity index (χ4v) is 5.74. The van der Waals surface area contributed by atoms with E-state index < -0.39 is 17.2 Å². The van der Waals surface area contributed by atoms with Gasteiger partial charge in [-0.3, -0.25) is 9.89 Å². The molecule has 3 heterocycles. The van der Waals surface area contributed by atoms with Gasteiger partial charge in [-0.1, -0.05) is 30.2 Å². The largest absolute Gasteiger partial charge is 0.467 e. The van der Waals surface area contributed by atoms with E-state index in [2.05, 4.69) is 20.9 Å². The van der Waals surface area contributed by atoms with Crippen LogP contribution in [0.15, 0.2) is 35.3 Å². The Morgan fingerprint density at radius 1 is 1.17 bits per heavy atom. The molecule has 42 heavy (non-hydrogen) atoms. The molecule has 0 saturated carbocycles. The Kier molecular flexibility index (Phi) is 7.87. The van der Waals surface area contributed by atoms with Crippen LogP contribution in [-0.4, -0.2) is 72.1 Å². The molecule has 0 aliphatic carbocycles. The number of hydrogen-bond acceptors (Lipinski definition) is 7. The van der Waals surface area contributed by atoms with E-state index in [0.717, 1.165) is 12.8 Å². The minimum Gasteiger partial charge on any atom is -0.467 e. The number of carbonyl (C=O) groups is 1. The summed E-state index contributed by atoms with van der Waals surface area (Å²) in [5, 5.41) is 1.11. The van der Waals surface area contributed by atoms with Crippen molar-refractivity contribution in [3.63, 3.8) is 0 Å². The maximum atomic E-state index is 16.2. The number of halogens is 2. The number of amides is 1. The Labute approximate surface area is 244 Å². The Morgan fingerprint density at radius 3 is 2.50 bits per heavy atom. The van der Waals surface area contributed by atoms with Crippen LogP contribution in [0.2, 0.25) is 0 Å². The minimum atomic E-state index is -0.693. The lowest BCUT2D eigenvalue weighted by molar-refractivity contribution is 0.0122. The Bertz CT molecular complexity index is 1630. The molecule has 8 nitrogen and oxygen atoms in total. The summed E-state index contributed by atoms with van der Waals surface area (Å²) in [7, 11) is 2.99. The van der Waals surface area contributed by atoms with E-state index >= 15 is 4.39 Å². The van der Waals surface area contributed by atoms with Crippen molar-refractivity contribution in [2.24, 2.45) is 4.99 Å². The summed E-state index contributed by atoms with van der Waals surface area (Å²) in [6.45, 7) is 6.48. The molecule has 2 atom stereocenters.